The van der Waals surface area contributed by atoms with Gasteiger partial charge in [-0.1, -0.05) is 19.3 Å². The van der Waals surface area contributed by atoms with Crippen LogP contribution in [0.2, 0.25) is 0 Å². The summed E-state index contributed by atoms with van der Waals surface area (Å²) in [5.41, 5.74) is 5.52. The van der Waals surface area contributed by atoms with E-state index < -0.39 is 10.0 Å². The molecule has 1 unspecified atom stereocenters. The smallest absolute Gasteiger partial charge is 0.214 e. The van der Waals surface area contributed by atoms with E-state index in [2.05, 4.69) is 0 Å². The fraction of sp³-hybridized carbons (Fsp3) is 0.923. The Morgan fingerprint density at radius 3 is 2.47 bits per heavy atom. The fourth-order valence-electron chi connectivity index (χ4n) is 3.21. The number of rotatable bonds is 4. The third-order valence-corrected chi connectivity index (χ3v) is 6.40. The van der Waals surface area contributed by atoms with Crippen LogP contribution in [0, 0.1) is 17.2 Å². The van der Waals surface area contributed by atoms with Gasteiger partial charge in [-0.25, -0.2) is 12.7 Å². The molecule has 1 aliphatic heterocycles. The van der Waals surface area contributed by atoms with Gasteiger partial charge < -0.3 is 5.73 Å². The van der Waals surface area contributed by atoms with E-state index >= 15 is 0 Å². The molecule has 0 radical (unpaired) electrons. The van der Waals surface area contributed by atoms with Crippen molar-refractivity contribution in [2.75, 3.05) is 18.8 Å². The topological polar surface area (TPSA) is 87.2 Å². The minimum atomic E-state index is -3.17. The standard InChI is InChI=1S/C13H25N3O2S/c14-13(15)12-7-4-8-16(9-12)19(17,18)10-11-5-2-1-3-6-11/h11-12H,1-10H2,(H3,14,15). The summed E-state index contributed by atoms with van der Waals surface area (Å²) in [5, 5.41) is 7.49. The molecule has 1 heterocycles. The predicted octanol–water partition coefficient (Wildman–Crippen LogP) is 1.54. The highest BCUT2D eigenvalue weighted by Crippen LogP contribution is 2.27. The third kappa shape index (κ3) is 3.92. The van der Waals surface area contributed by atoms with E-state index in [0.29, 0.717) is 19.0 Å². The van der Waals surface area contributed by atoms with Gasteiger partial charge in [-0.15, -0.1) is 0 Å². The Morgan fingerprint density at radius 1 is 1.16 bits per heavy atom. The zero-order valence-electron chi connectivity index (χ0n) is 11.5. The van der Waals surface area contributed by atoms with E-state index in [1.807, 2.05) is 0 Å². The van der Waals surface area contributed by atoms with Gasteiger partial charge in [-0.2, -0.15) is 0 Å². The summed E-state index contributed by atoms with van der Waals surface area (Å²) in [6.07, 6.45) is 7.31. The molecule has 2 rings (SSSR count). The highest BCUT2D eigenvalue weighted by Gasteiger charge is 2.32. The summed E-state index contributed by atoms with van der Waals surface area (Å²) in [4.78, 5) is 0. The van der Waals surface area contributed by atoms with Gasteiger partial charge in [0.15, 0.2) is 0 Å². The quantitative estimate of drug-likeness (QED) is 0.607. The lowest BCUT2D eigenvalue weighted by Crippen LogP contribution is -2.45. The van der Waals surface area contributed by atoms with Gasteiger partial charge in [0.1, 0.15) is 0 Å². The van der Waals surface area contributed by atoms with Crippen LogP contribution in [-0.4, -0.2) is 37.4 Å². The van der Waals surface area contributed by atoms with Gasteiger partial charge in [-0.05, 0) is 31.6 Å². The molecule has 19 heavy (non-hydrogen) atoms. The minimum absolute atomic E-state index is 0.0881. The van der Waals surface area contributed by atoms with Crippen molar-refractivity contribution >= 4 is 15.9 Å². The van der Waals surface area contributed by atoms with E-state index in [1.165, 1.54) is 6.42 Å². The maximum atomic E-state index is 12.4. The van der Waals surface area contributed by atoms with E-state index in [-0.39, 0.29) is 17.5 Å². The normalized spacial score (nSPS) is 27.3. The van der Waals surface area contributed by atoms with Crippen molar-refractivity contribution in [3.05, 3.63) is 0 Å². The molecular formula is C13H25N3O2S. The zero-order chi connectivity index (χ0) is 13.9. The van der Waals surface area contributed by atoms with Crippen molar-refractivity contribution in [1.29, 1.82) is 5.41 Å². The SMILES string of the molecule is N=C(N)C1CCCN(S(=O)(=O)CC2CCCCC2)C1. The van der Waals surface area contributed by atoms with E-state index in [1.54, 1.807) is 4.31 Å². The van der Waals surface area contributed by atoms with E-state index in [4.69, 9.17) is 11.1 Å². The second kappa shape index (κ2) is 6.22. The maximum absolute atomic E-state index is 12.4. The number of hydrogen-bond acceptors (Lipinski definition) is 3. The van der Waals surface area contributed by atoms with Crippen LogP contribution in [0.5, 0.6) is 0 Å². The molecule has 110 valence electrons. The van der Waals surface area contributed by atoms with Crippen molar-refractivity contribution in [2.45, 2.75) is 44.9 Å². The van der Waals surface area contributed by atoms with Crippen LogP contribution in [0.1, 0.15) is 44.9 Å². The summed E-state index contributed by atoms with van der Waals surface area (Å²) in [6, 6.07) is 0. The second-order valence-corrected chi connectivity index (χ2v) is 7.95. The Balaban J connectivity index is 1.96. The van der Waals surface area contributed by atoms with Crippen LogP contribution in [0.4, 0.5) is 0 Å². The number of nitrogens with two attached hydrogens (primary N) is 1. The summed E-state index contributed by atoms with van der Waals surface area (Å²) >= 11 is 0. The molecule has 1 atom stereocenters. The van der Waals surface area contributed by atoms with Crippen LogP contribution in [0.25, 0.3) is 0 Å². The minimum Gasteiger partial charge on any atom is -0.387 e. The average Bonchev–Trinajstić information content (AvgIpc) is 2.39. The molecule has 3 N–H and O–H groups in total. The number of nitrogens with zero attached hydrogens (tertiary/aromatic N) is 1. The molecule has 0 bridgehead atoms. The van der Waals surface area contributed by atoms with Gasteiger partial charge in [0, 0.05) is 19.0 Å². The lowest BCUT2D eigenvalue weighted by Gasteiger charge is -2.33. The van der Waals surface area contributed by atoms with Crippen molar-refractivity contribution in [3.63, 3.8) is 0 Å². The summed E-state index contributed by atoms with van der Waals surface area (Å²) < 4.78 is 26.4. The van der Waals surface area contributed by atoms with Crippen molar-refractivity contribution in [1.82, 2.24) is 4.31 Å². The molecule has 2 aliphatic rings. The molecule has 1 saturated heterocycles. The third-order valence-electron chi connectivity index (χ3n) is 4.39. The van der Waals surface area contributed by atoms with Crippen molar-refractivity contribution in [3.8, 4) is 0 Å². The molecule has 0 aromatic rings. The number of piperidine rings is 1. The molecule has 0 aromatic carbocycles. The Bertz CT molecular complexity index is 416. The molecule has 1 aliphatic carbocycles. The molecule has 1 saturated carbocycles. The highest BCUT2D eigenvalue weighted by atomic mass is 32.2. The zero-order valence-corrected chi connectivity index (χ0v) is 12.3. The number of hydrogen-bond donors (Lipinski definition) is 2. The molecule has 5 nitrogen and oxygen atoms in total. The van der Waals surface area contributed by atoms with E-state index in [9.17, 15) is 8.42 Å². The second-order valence-electron chi connectivity index (χ2n) is 5.94. The summed E-state index contributed by atoms with van der Waals surface area (Å²) in [7, 11) is -3.17. The first-order chi connectivity index (χ1) is 8.99. The summed E-state index contributed by atoms with van der Waals surface area (Å²) in [5.74, 6) is 0.654. The molecular weight excluding hydrogens is 262 g/mol. The number of sulfonamides is 1. The highest BCUT2D eigenvalue weighted by molar-refractivity contribution is 7.89. The largest absolute Gasteiger partial charge is 0.387 e. The molecule has 0 amide bonds. The Hall–Kier alpha value is -0.620. The predicted molar refractivity (Wildman–Crippen MR) is 76.6 cm³/mol. The van der Waals surface area contributed by atoms with Crippen molar-refractivity contribution < 1.29 is 8.42 Å². The first-order valence-corrected chi connectivity index (χ1v) is 8.91. The Morgan fingerprint density at radius 2 is 1.84 bits per heavy atom. The maximum Gasteiger partial charge on any atom is 0.214 e. The lowest BCUT2D eigenvalue weighted by molar-refractivity contribution is 0.303. The van der Waals surface area contributed by atoms with Gasteiger partial charge in [0.25, 0.3) is 0 Å². The van der Waals surface area contributed by atoms with Crippen LogP contribution in [0.15, 0.2) is 0 Å². The lowest BCUT2D eigenvalue weighted by atomic mass is 9.91. The molecule has 0 spiro atoms. The first-order valence-electron chi connectivity index (χ1n) is 7.31. The monoisotopic (exact) mass is 287 g/mol. The van der Waals surface area contributed by atoms with Crippen molar-refractivity contribution in [2.24, 2.45) is 17.6 Å². The summed E-state index contributed by atoms with van der Waals surface area (Å²) in [6.45, 7) is 1.00. The van der Waals surface area contributed by atoms with Crippen LogP contribution in [0.3, 0.4) is 0 Å². The van der Waals surface area contributed by atoms with Crippen LogP contribution < -0.4 is 5.73 Å². The fourth-order valence-corrected chi connectivity index (χ4v) is 5.16. The number of amidine groups is 1. The van der Waals surface area contributed by atoms with Gasteiger partial charge >= 0.3 is 0 Å². The van der Waals surface area contributed by atoms with E-state index in [0.717, 1.165) is 38.5 Å². The molecule has 6 heteroatoms. The molecule has 0 aromatic heterocycles. The Labute approximate surface area is 116 Å². The average molecular weight is 287 g/mol. The first kappa shape index (κ1) is 14.8. The van der Waals surface area contributed by atoms with Crippen LogP contribution >= 0.6 is 0 Å². The van der Waals surface area contributed by atoms with Gasteiger partial charge in [-0.3, -0.25) is 5.41 Å². The molecule has 2 fully saturated rings. The number of nitrogens with one attached hydrogen (secondary N) is 1. The van der Waals surface area contributed by atoms with Crippen LogP contribution in [-0.2, 0) is 10.0 Å². The Kier molecular flexibility index (Phi) is 4.84. The van der Waals surface area contributed by atoms with Gasteiger partial charge in [0.2, 0.25) is 10.0 Å². The van der Waals surface area contributed by atoms with Gasteiger partial charge in [0.05, 0.1) is 11.6 Å².